The molecule has 2 aromatic carbocycles. The highest BCUT2D eigenvalue weighted by molar-refractivity contribution is 6.35. The van der Waals surface area contributed by atoms with Gasteiger partial charge in [-0.25, -0.2) is 4.98 Å². The van der Waals surface area contributed by atoms with Crippen molar-refractivity contribution in [3.05, 3.63) is 81.9 Å². The van der Waals surface area contributed by atoms with E-state index in [1.54, 1.807) is 24.4 Å². The molecular weight excluding hydrogens is 373 g/mol. The molecule has 0 unspecified atom stereocenters. The van der Waals surface area contributed by atoms with E-state index in [9.17, 15) is 0 Å². The fourth-order valence-corrected chi connectivity index (χ4v) is 2.98. The van der Waals surface area contributed by atoms with Crippen LogP contribution in [0.3, 0.4) is 0 Å². The third-order valence-corrected chi connectivity index (χ3v) is 4.30. The van der Waals surface area contributed by atoms with Crippen molar-refractivity contribution in [1.29, 1.82) is 0 Å². The molecule has 0 atom stereocenters. The Bertz CT molecular complexity index is 938. The van der Waals surface area contributed by atoms with Crippen LogP contribution in [0.4, 0.5) is 0 Å². The molecule has 1 heterocycles. The van der Waals surface area contributed by atoms with Gasteiger partial charge in [0.15, 0.2) is 11.5 Å². The lowest BCUT2D eigenvalue weighted by Gasteiger charge is -2.13. The van der Waals surface area contributed by atoms with Crippen LogP contribution in [0.25, 0.3) is 0 Å². The zero-order valence-electron chi connectivity index (χ0n) is 14.3. The lowest BCUT2D eigenvalue weighted by atomic mass is 10.0. The molecule has 0 amide bonds. The van der Waals surface area contributed by atoms with Gasteiger partial charge in [-0.2, -0.15) is 0 Å². The second-order valence-electron chi connectivity index (χ2n) is 5.50. The second-order valence-corrected chi connectivity index (χ2v) is 6.35. The van der Waals surface area contributed by atoms with E-state index in [0.717, 1.165) is 11.1 Å². The number of imidazole rings is 1. The van der Waals surface area contributed by atoms with Crippen molar-refractivity contribution in [1.82, 2.24) is 9.55 Å². The van der Waals surface area contributed by atoms with Crippen molar-refractivity contribution in [3.63, 3.8) is 0 Å². The Kier molecular flexibility index (Phi) is 5.81. The summed E-state index contributed by atoms with van der Waals surface area (Å²) in [5, 5.41) is 5.20. The molecule has 0 bridgehead atoms. The number of hydrogen-bond donors (Lipinski definition) is 0. The summed E-state index contributed by atoms with van der Waals surface area (Å²) >= 11 is 12.1. The van der Waals surface area contributed by atoms with Gasteiger partial charge in [-0.3, -0.25) is 0 Å². The molecule has 0 aliphatic rings. The maximum Gasteiger partial charge on any atom is 0.162 e. The van der Waals surface area contributed by atoms with Crippen LogP contribution >= 0.6 is 23.2 Å². The molecule has 0 fully saturated rings. The largest absolute Gasteiger partial charge is 0.487 e. The molecule has 1 aromatic heterocycles. The van der Waals surface area contributed by atoms with Crippen LogP contribution in [0.1, 0.15) is 17.0 Å². The number of benzene rings is 2. The summed E-state index contributed by atoms with van der Waals surface area (Å²) in [5.74, 6) is 1.26. The number of oxime groups is 1. The monoisotopic (exact) mass is 389 g/mol. The predicted octanol–water partition coefficient (Wildman–Crippen LogP) is 4.70. The molecule has 5 nitrogen and oxygen atoms in total. The molecule has 3 rings (SSSR count). The van der Waals surface area contributed by atoms with Gasteiger partial charge in [0.2, 0.25) is 0 Å². The number of aryl methyl sites for hydroxylation is 1. The highest BCUT2D eigenvalue weighted by Gasteiger charge is 2.17. The molecule has 3 aromatic rings. The Hall–Kier alpha value is -2.50. The second kappa shape index (κ2) is 8.25. The maximum atomic E-state index is 6.18. The van der Waals surface area contributed by atoms with Gasteiger partial charge in [-0.15, -0.1) is 0 Å². The van der Waals surface area contributed by atoms with E-state index in [1.807, 2.05) is 42.1 Å². The maximum absolute atomic E-state index is 6.18. The summed E-state index contributed by atoms with van der Waals surface area (Å²) in [6.07, 6.45) is 3.57. The van der Waals surface area contributed by atoms with Gasteiger partial charge >= 0.3 is 0 Å². The predicted molar refractivity (Wildman–Crippen MR) is 103 cm³/mol. The Morgan fingerprint density at radius 1 is 1.19 bits per heavy atom. The third-order valence-electron chi connectivity index (χ3n) is 3.77. The average Bonchev–Trinajstić information content (AvgIpc) is 3.05. The molecule has 0 N–H and O–H groups in total. The number of hydrogen-bond acceptors (Lipinski definition) is 4. The molecule has 0 aliphatic carbocycles. The van der Waals surface area contributed by atoms with Gasteiger partial charge in [-0.05, 0) is 23.8 Å². The Balaban J connectivity index is 1.92. The zero-order valence-corrected chi connectivity index (χ0v) is 15.8. The van der Waals surface area contributed by atoms with E-state index in [-0.39, 0.29) is 0 Å². The topological polar surface area (TPSA) is 48.6 Å². The van der Waals surface area contributed by atoms with E-state index in [1.165, 1.54) is 7.11 Å². The molecule has 7 heteroatoms. The Labute approximate surface area is 161 Å². The van der Waals surface area contributed by atoms with E-state index in [4.69, 9.17) is 32.8 Å². The summed E-state index contributed by atoms with van der Waals surface area (Å²) in [7, 11) is 3.41. The Morgan fingerprint density at radius 2 is 2.00 bits per heavy atom. The van der Waals surface area contributed by atoms with Crippen molar-refractivity contribution in [2.24, 2.45) is 12.2 Å². The molecule has 26 heavy (non-hydrogen) atoms. The fraction of sp³-hybridized carbons (Fsp3) is 0.158. The van der Waals surface area contributed by atoms with Crippen molar-refractivity contribution >= 4 is 28.9 Å². The minimum absolute atomic E-state index is 0.310. The number of halogens is 2. The summed E-state index contributed by atoms with van der Waals surface area (Å²) in [6.45, 7) is 0.310. The van der Waals surface area contributed by atoms with E-state index >= 15 is 0 Å². The molecule has 0 radical (unpaired) electrons. The van der Waals surface area contributed by atoms with Gasteiger partial charge < -0.3 is 14.1 Å². The van der Waals surface area contributed by atoms with Crippen molar-refractivity contribution in [2.45, 2.75) is 6.61 Å². The fourth-order valence-electron chi connectivity index (χ4n) is 2.52. The van der Waals surface area contributed by atoms with Crippen LogP contribution < -0.4 is 4.74 Å². The van der Waals surface area contributed by atoms with Gasteiger partial charge in [0, 0.05) is 30.0 Å². The van der Waals surface area contributed by atoms with E-state index in [0.29, 0.717) is 33.9 Å². The highest BCUT2D eigenvalue weighted by Crippen LogP contribution is 2.28. The van der Waals surface area contributed by atoms with Gasteiger partial charge in [0.25, 0.3) is 0 Å². The van der Waals surface area contributed by atoms with Gasteiger partial charge in [0.05, 0.1) is 5.02 Å². The van der Waals surface area contributed by atoms with Crippen LogP contribution in [0.15, 0.2) is 60.0 Å². The van der Waals surface area contributed by atoms with Crippen LogP contribution in [0.2, 0.25) is 10.0 Å². The summed E-state index contributed by atoms with van der Waals surface area (Å²) in [6, 6.07) is 12.9. The highest BCUT2D eigenvalue weighted by atomic mass is 35.5. The summed E-state index contributed by atoms with van der Waals surface area (Å²) in [5.41, 5.74) is 2.42. The number of nitrogens with zero attached hydrogens (tertiary/aromatic N) is 3. The van der Waals surface area contributed by atoms with Crippen LogP contribution in [-0.2, 0) is 18.5 Å². The van der Waals surface area contributed by atoms with Gasteiger partial charge in [-0.1, -0.05) is 52.6 Å². The van der Waals surface area contributed by atoms with E-state index in [2.05, 4.69) is 10.1 Å². The molecule has 134 valence electrons. The minimum atomic E-state index is 0.310. The summed E-state index contributed by atoms with van der Waals surface area (Å²) < 4.78 is 7.76. The molecular formula is C19H17Cl2N3O2. The number of ether oxygens (including phenoxy) is 1. The number of aromatic nitrogens is 2. The standard InChI is InChI=1S/C19H17Cl2N3O2/c1-24-10-9-22-19(24)18(23-25-2)15-6-4-3-5-13(15)12-26-17-8-7-14(20)11-16(17)21/h3-11H,12H2,1-2H3/b23-18-. The summed E-state index contributed by atoms with van der Waals surface area (Å²) in [4.78, 5) is 9.42. The van der Waals surface area contributed by atoms with Gasteiger partial charge in [0.1, 0.15) is 19.5 Å². The SMILES string of the molecule is CO/N=C(/c1ccccc1COc1ccc(Cl)cc1Cl)c1nccn1C. The first-order valence-electron chi connectivity index (χ1n) is 7.85. The molecule has 0 spiro atoms. The molecule has 0 saturated carbocycles. The smallest absolute Gasteiger partial charge is 0.162 e. The first-order chi connectivity index (χ1) is 12.6. The first-order valence-corrected chi connectivity index (χ1v) is 8.60. The van der Waals surface area contributed by atoms with Crippen molar-refractivity contribution in [2.75, 3.05) is 7.11 Å². The molecule has 0 aliphatic heterocycles. The average molecular weight is 390 g/mol. The Morgan fingerprint density at radius 3 is 2.69 bits per heavy atom. The lowest BCUT2D eigenvalue weighted by Crippen LogP contribution is -2.14. The first kappa shape index (κ1) is 18.3. The normalized spacial score (nSPS) is 11.5. The van der Waals surface area contributed by atoms with Crippen LogP contribution in [0.5, 0.6) is 5.75 Å². The van der Waals surface area contributed by atoms with Crippen LogP contribution in [-0.4, -0.2) is 22.4 Å². The lowest BCUT2D eigenvalue weighted by molar-refractivity contribution is 0.213. The van der Waals surface area contributed by atoms with Crippen molar-refractivity contribution in [3.8, 4) is 5.75 Å². The number of rotatable bonds is 6. The van der Waals surface area contributed by atoms with Crippen molar-refractivity contribution < 1.29 is 9.57 Å². The van der Waals surface area contributed by atoms with E-state index < -0.39 is 0 Å². The van der Waals surface area contributed by atoms with Crippen LogP contribution in [0, 0.1) is 0 Å². The zero-order chi connectivity index (χ0) is 18.5. The molecule has 0 saturated heterocycles. The third kappa shape index (κ3) is 4.00. The minimum Gasteiger partial charge on any atom is -0.487 e. The quantitative estimate of drug-likeness (QED) is 0.453.